The minimum atomic E-state index is 0.445. The molecule has 0 heterocycles. The van der Waals surface area contributed by atoms with Crippen LogP contribution in [-0.4, -0.2) is 10.2 Å². The van der Waals surface area contributed by atoms with Crippen LogP contribution in [0.1, 0.15) is 34.2 Å². The summed E-state index contributed by atoms with van der Waals surface area (Å²) in [5, 5.41) is 0. The van der Waals surface area contributed by atoms with Crippen molar-refractivity contribution in [2.75, 3.05) is 0 Å². The summed E-state index contributed by atoms with van der Waals surface area (Å²) in [6.07, 6.45) is 8.35. The minimum Gasteiger partial charge on any atom is -0.0800 e. The lowest BCUT2D eigenvalue weighted by Crippen LogP contribution is -1.94. The van der Waals surface area contributed by atoms with Crippen LogP contribution in [0.3, 0.4) is 0 Å². The molecule has 0 aromatic heterocycles. The zero-order valence-corrected chi connectivity index (χ0v) is 8.51. The van der Waals surface area contributed by atoms with E-state index in [-0.39, 0.29) is 0 Å². The van der Waals surface area contributed by atoms with Crippen LogP contribution in [0.4, 0.5) is 0 Å². The molecule has 1 unspecified atom stereocenters. The topological polar surface area (TPSA) is 0 Å². The van der Waals surface area contributed by atoms with E-state index in [2.05, 4.69) is 34.5 Å². The van der Waals surface area contributed by atoms with E-state index in [4.69, 9.17) is 0 Å². The molecule has 0 amide bonds. The number of rotatable bonds is 0. The van der Waals surface area contributed by atoms with Crippen molar-refractivity contribution in [1.29, 1.82) is 0 Å². The molecule has 1 heteroatoms. The summed E-state index contributed by atoms with van der Waals surface area (Å²) in [4.78, 5) is 0. The monoisotopic (exact) mass is 183 g/mol. The molecule has 0 saturated carbocycles. The number of allylic oxidation sites excluding steroid dienone is 1. The van der Waals surface area contributed by atoms with Gasteiger partial charge in [-0.15, -0.1) is 0 Å². The van der Waals surface area contributed by atoms with Gasteiger partial charge in [-0.1, -0.05) is 24.3 Å². The zero-order valence-electron chi connectivity index (χ0n) is 7.51. The first-order valence-corrected chi connectivity index (χ1v) is 5.47. The largest absolute Gasteiger partial charge is 0.0800 e. The summed E-state index contributed by atoms with van der Waals surface area (Å²) in [5.74, 6) is 0. The number of aryl methyl sites for hydroxylation is 2. The van der Waals surface area contributed by atoms with Crippen molar-refractivity contribution >= 4 is 16.3 Å². The quantitative estimate of drug-likeness (QED) is 0.542. The summed E-state index contributed by atoms with van der Waals surface area (Å²) < 4.78 is 0. The van der Waals surface area contributed by atoms with Gasteiger partial charge in [-0.05, 0) is 47.1 Å². The van der Waals surface area contributed by atoms with Gasteiger partial charge in [-0.25, -0.2) is 0 Å². The van der Waals surface area contributed by atoms with Crippen molar-refractivity contribution in [2.45, 2.75) is 24.8 Å². The molecule has 63 valence electrons. The summed E-state index contributed by atoms with van der Waals surface area (Å²) in [6, 6.07) is 4.75. The average molecular weight is 183 g/mol. The van der Waals surface area contributed by atoms with E-state index >= 15 is 0 Å². The van der Waals surface area contributed by atoms with E-state index in [9.17, 15) is 0 Å². The van der Waals surface area contributed by atoms with Crippen LogP contribution in [-0.2, 0) is 12.8 Å². The third kappa shape index (κ3) is 1.03. The maximum absolute atomic E-state index is 3.71. The van der Waals surface area contributed by atoms with Gasteiger partial charge in [0, 0.05) is 10.2 Å². The third-order valence-corrected chi connectivity index (χ3v) is 3.60. The summed E-state index contributed by atoms with van der Waals surface area (Å²) >= 11 is 0. The minimum absolute atomic E-state index is 0.445. The Morgan fingerprint density at radius 3 is 2.77 bits per heavy atom. The van der Waals surface area contributed by atoms with Gasteiger partial charge in [0.2, 0.25) is 0 Å². The second-order valence-corrected chi connectivity index (χ2v) is 4.56. The number of hydrogen-bond donors (Lipinski definition) is 0. The lowest BCUT2D eigenvalue weighted by molar-refractivity contribution is 0.911. The Morgan fingerprint density at radius 2 is 1.92 bits per heavy atom. The van der Waals surface area contributed by atoms with Crippen LogP contribution in [0, 0.1) is 0 Å². The Balaban J connectivity index is 2.20. The van der Waals surface area contributed by atoms with Gasteiger partial charge < -0.3 is 0 Å². The Labute approximate surface area is 82.1 Å². The predicted octanol–water partition coefficient (Wildman–Crippen LogP) is 2.41. The van der Waals surface area contributed by atoms with Crippen LogP contribution in [0.5, 0.6) is 0 Å². The van der Waals surface area contributed by atoms with Crippen LogP contribution in [0.2, 0.25) is 0 Å². The van der Waals surface area contributed by atoms with E-state index in [1.807, 2.05) is 0 Å². The van der Waals surface area contributed by atoms with Gasteiger partial charge in [0.05, 0.1) is 0 Å². The second kappa shape index (κ2) is 2.58. The molecule has 1 aromatic carbocycles. The molecule has 0 saturated heterocycles. The summed E-state index contributed by atoms with van der Waals surface area (Å²) in [5.41, 5.74) is 6.47. The van der Waals surface area contributed by atoms with Gasteiger partial charge in [0.1, 0.15) is 0 Å². The van der Waals surface area contributed by atoms with E-state index < -0.39 is 0 Å². The SMILES string of the molecule is [Si]C1C=Cc2cc3c(cc21)CCC3. The van der Waals surface area contributed by atoms with E-state index in [0.29, 0.717) is 5.54 Å². The molecule has 13 heavy (non-hydrogen) atoms. The lowest BCUT2D eigenvalue weighted by Gasteiger charge is -2.07. The van der Waals surface area contributed by atoms with Crippen molar-refractivity contribution in [3.8, 4) is 0 Å². The highest BCUT2D eigenvalue weighted by Crippen LogP contribution is 2.33. The molecule has 1 aromatic rings. The van der Waals surface area contributed by atoms with Crippen molar-refractivity contribution in [3.05, 3.63) is 40.5 Å². The highest BCUT2D eigenvalue weighted by atomic mass is 28.1. The Morgan fingerprint density at radius 1 is 1.15 bits per heavy atom. The van der Waals surface area contributed by atoms with Crippen molar-refractivity contribution < 1.29 is 0 Å². The standard InChI is InChI=1S/C12H11Si/c13-12-5-4-10-6-8-2-1-3-9(8)7-11(10)12/h4-7,12H,1-3H2. The molecule has 0 spiro atoms. The fourth-order valence-corrected chi connectivity index (χ4v) is 2.73. The average Bonchev–Trinajstić information content (AvgIpc) is 2.70. The first-order chi connectivity index (χ1) is 6.34. The third-order valence-electron chi connectivity index (χ3n) is 3.10. The lowest BCUT2D eigenvalue weighted by atomic mass is 10.0. The Kier molecular flexibility index (Phi) is 1.50. The van der Waals surface area contributed by atoms with Crippen LogP contribution in [0.15, 0.2) is 18.2 Å². The van der Waals surface area contributed by atoms with Crippen LogP contribution >= 0.6 is 0 Å². The second-order valence-electron chi connectivity index (χ2n) is 3.94. The molecule has 2 aliphatic rings. The van der Waals surface area contributed by atoms with Crippen molar-refractivity contribution in [1.82, 2.24) is 0 Å². The van der Waals surface area contributed by atoms with Crippen LogP contribution in [0.25, 0.3) is 6.08 Å². The van der Waals surface area contributed by atoms with Gasteiger partial charge in [0.25, 0.3) is 0 Å². The maximum Gasteiger partial charge on any atom is 0.0388 e. The zero-order chi connectivity index (χ0) is 8.84. The molecule has 0 bridgehead atoms. The number of fused-ring (bicyclic) bond motifs is 2. The smallest absolute Gasteiger partial charge is 0.0388 e. The van der Waals surface area contributed by atoms with Crippen molar-refractivity contribution in [2.24, 2.45) is 0 Å². The molecule has 0 aliphatic heterocycles. The molecule has 0 nitrogen and oxygen atoms in total. The fraction of sp³-hybridized carbons (Fsp3) is 0.333. The van der Waals surface area contributed by atoms with Crippen molar-refractivity contribution in [3.63, 3.8) is 0 Å². The van der Waals surface area contributed by atoms with E-state index in [1.54, 1.807) is 11.1 Å². The molecule has 0 N–H and O–H groups in total. The molecular weight excluding hydrogens is 172 g/mol. The van der Waals surface area contributed by atoms with E-state index in [1.165, 1.54) is 30.4 Å². The van der Waals surface area contributed by atoms with Gasteiger partial charge in [0.15, 0.2) is 0 Å². The molecule has 2 aliphatic carbocycles. The first kappa shape index (κ1) is 7.57. The molecule has 3 rings (SSSR count). The van der Waals surface area contributed by atoms with E-state index in [0.717, 1.165) is 0 Å². The molecule has 0 fully saturated rings. The normalized spacial score (nSPS) is 23.3. The summed E-state index contributed by atoms with van der Waals surface area (Å²) in [6.45, 7) is 0. The first-order valence-electron chi connectivity index (χ1n) is 4.89. The summed E-state index contributed by atoms with van der Waals surface area (Å²) in [7, 11) is 3.71. The molecule has 3 radical (unpaired) electrons. The molecule has 1 atom stereocenters. The maximum atomic E-state index is 3.71. The molecular formula is C12H11Si. The Bertz CT molecular complexity index is 390. The predicted molar refractivity (Wildman–Crippen MR) is 56.0 cm³/mol. The highest BCUT2D eigenvalue weighted by molar-refractivity contribution is 6.15. The van der Waals surface area contributed by atoms with Gasteiger partial charge in [-0.2, -0.15) is 0 Å². The van der Waals surface area contributed by atoms with Gasteiger partial charge >= 0.3 is 0 Å². The van der Waals surface area contributed by atoms with Gasteiger partial charge in [-0.3, -0.25) is 0 Å². The van der Waals surface area contributed by atoms with Crippen LogP contribution < -0.4 is 0 Å². The fourth-order valence-electron chi connectivity index (χ4n) is 2.38. The number of benzene rings is 1. The highest BCUT2D eigenvalue weighted by Gasteiger charge is 2.18. The Hall–Kier alpha value is -0.823. The number of hydrogen-bond acceptors (Lipinski definition) is 0.